The molecule has 17 heteroatoms. The van der Waals surface area contributed by atoms with Gasteiger partial charge in [0, 0.05) is 46.9 Å². The summed E-state index contributed by atoms with van der Waals surface area (Å²) in [5.41, 5.74) is 6.82. The first-order valence-corrected chi connectivity index (χ1v) is 25.6. The highest BCUT2D eigenvalue weighted by molar-refractivity contribution is 5.90. The van der Waals surface area contributed by atoms with Crippen molar-refractivity contribution in [3.8, 4) is 0 Å². The lowest BCUT2D eigenvalue weighted by Gasteiger charge is -2.41. The molecule has 4 fully saturated rings. The third kappa shape index (κ3) is 13.0. The van der Waals surface area contributed by atoms with Gasteiger partial charge in [0.05, 0.1) is 72.8 Å². The molecule has 4 unspecified atom stereocenters. The summed E-state index contributed by atoms with van der Waals surface area (Å²) < 4.78 is 24.7. The third-order valence-corrected chi connectivity index (χ3v) is 15.6. The summed E-state index contributed by atoms with van der Waals surface area (Å²) in [6, 6.07) is 6.44. The molecule has 17 nitrogen and oxygen atoms in total. The van der Waals surface area contributed by atoms with Crippen LogP contribution >= 0.6 is 0 Å². The number of likely N-dealkylation sites (tertiary alicyclic amines) is 2. The molecule has 5 rings (SSSR count). The number of benzene rings is 1. The lowest BCUT2D eigenvalue weighted by molar-refractivity contribution is -0.163. The second kappa shape index (κ2) is 25.3. The molecule has 0 radical (unpaired) electrons. The van der Waals surface area contributed by atoms with Gasteiger partial charge in [-0.3, -0.25) is 28.8 Å². The molecule has 2 bridgehead atoms. The van der Waals surface area contributed by atoms with Gasteiger partial charge in [0.25, 0.3) is 0 Å². The molecule has 1 aromatic carbocycles. The Morgan fingerprint density at radius 2 is 1.43 bits per heavy atom. The molecular formula is C52H85N7O10. The smallest absolute Gasteiger partial charge is 0.313 e. The van der Waals surface area contributed by atoms with Crippen molar-refractivity contribution in [2.45, 2.75) is 174 Å². The summed E-state index contributed by atoms with van der Waals surface area (Å²) in [4.78, 5) is 90.0. The topological polar surface area (TPSA) is 211 Å². The maximum absolute atomic E-state index is 14.5. The van der Waals surface area contributed by atoms with E-state index in [0.717, 1.165) is 0 Å². The molecular weight excluding hydrogens is 883 g/mol. The third-order valence-electron chi connectivity index (χ3n) is 15.6. The summed E-state index contributed by atoms with van der Waals surface area (Å²) >= 11 is 0. The molecule has 4 heterocycles. The molecule has 0 aromatic heterocycles. The molecule has 1 aromatic rings. The van der Waals surface area contributed by atoms with Crippen LogP contribution in [0.5, 0.6) is 0 Å². The van der Waals surface area contributed by atoms with Gasteiger partial charge in [0.1, 0.15) is 12.1 Å². The Bertz CT molecular complexity index is 1880. The number of ether oxygens (including phenoxy) is 4. The monoisotopic (exact) mass is 968 g/mol. The molecule has 5 N–H and O–H groups in total. The molecule has 0 saturated carbocycles. The molecule has 4 saturated heterocycles. The Labute approximate surface area is 411 Å². The number of likely N-dealkylation sites (N-methyl/N-ethyl adjacent to an activating group) is 2. The SMILES string of the molecule is CC[C@H](C)[C@@H]([C@@H](CC(=O)N1CCC[C@H]1[C@H](OC)[C@@H](C)C(=O)N[C@H](C)[C@@H](OC(=O)C1C2CCC(O2)C1C(=O)N1CCC(N)CC1)c1ccccc1)OC)N(C)C(=O)[C@@H](NC(=O)[C@@H](NC)C(C)C)C(C)C. The van der Waals surface area contributed by atoms with E-state index in [9.17, 15) is 28.8 Å². The maximum atomic E-state index is 14.5. The van der Waals surface area contributed by atoms with Crippen LogP contribution in [0.15, 0.2) is 30.3 Å². The summed E-state index contributed by atoms with van der Waals surface area (Å²) in [5, 5.41) is 9.17. The van der Waals surface area contributed by atoms with E-state index in [4.69, 9.17) is 24.7 Å². The van der Waals surface area contributed by atoms with Crippen molar-refractivity contribution in [1.82, 2.24) is 30.7 Å². The summed E-state index contributed by atoms with van der Waals surface area (Å²) in [6.07, 6.45) is 1.79. The van der Waals surface area contributed by atoms with Crippen LogP contribution in [0.2, 0.25) is 0 Å². The fourth-order valence-corrected chi connectivity index (χ4v) is 11.4. The van der Waals surface area contributed by atoms with E-state index in [-0.39, 0.29) is 65.9 Å². The first kappa shape index (κ1) is 55.8. The average Bonchev–Trinajstić information content (AvgIpc) is 4.10. The number of rotatable bonds is 23. The van der Waals surface area contributed by atoms with Crippen molar-refractivity contribution < 1.29 is 47.7 Å². The second-order valence-corrected chi connectivity index (χ2v) is 20.9. The average molecular weight is 968 g/mol. The number of nitrogens with two attached hydrogens (primary N) is 1. The van der Waals surface area contributed by atoms with E-state index in [0.29, 0.717) is 70.1 Å². The lowest BCUT2D eigenvalue weighted by Crippen LogP contribution is -2.59. The number of carbonyl (C=O) groups excluding carboxylic acids is 6. The normalized spacial score (nSPS) is 25.6. The van der Waals surface area contributed by atoms with Gasteiger partial charge in [-0.15, -0.1) is 0 Å². The van der Waals surface area contributed by atoms with Crippen LogP contribution in [0.1, 0.15) is 118 Å². The fraction of sp³-hybridized carbons (Fsp3) is 0.769. The van der Waals surface area contributed by atoms with Crippen LogP contribution in [0.25, 0.3) is 0 Å². The molecule has 4 aliphatic heterocycles. The van der Waals surface area contributed by atoms with Crippen molar-refractivity contribution in [3.05, 3.63) is 35.9 Å². The van der Waals surface area contributed by atoms with Crippen LogP contribution < -0.4 is 21.7 Å². The highest BCUT2D eigenvalue weighted by Gasteiger charge is 2.57. The quantitative estimate of drug-likeness (QED) is 0.115. The van der Waals surface area contributed by atoms with Gasteiger partial charge in [0.2, 0.25) is 29.5 Å². The standard InChI is InChI=1S/C52H85N7O10/c1-13-31(6)45(57(10)51(64)44(30(4)5)56-49(62)43(54-9)29(2)3)39(66-11)28-40(60)59-25-17-20-36(59)46(67-12)32(7)48(61)55-33(8)47(34-18-15-14-16-19-34)69-52(65)42-38-22-21-37(68-38)41(42)50(63)58-26-23-35(53)24-27-58/h14-16,18-19,29-33,35-39,41-47,54H,13,17,20-28,53H2,1-12H3,(H,55,61)(H,56,62)/t31-,32+,33+,36-,37?,38?,39+,41?,42?,43-,44-,45-,46+,47+/m0/s1. The molecule has 0 spiro atoms. The number of piperidine rings is 1. The van der Waals surface area contributed by atoms with Gasteiger partial charge in [0.15, 0.2) is 0 Å². The summed E-state index contributed by atoms with van der Waals surface area (Å²) in [6.45, 7) is 16.9. The summed E-state index contributed by atoms with van der Waals surface area (Å²) in [7, 11) is 6.54. The van der Waals surface area contributed by atoms with Crippen molar-refractivity contribution in [2.24, 2.45) is 41.2 Å². The van der Waals surface area contributed by atoms with Crippen LogP contribution in [0, 0.1) is 35.5 Å². The first-order valence-electron chi connectivity index (χ1n) is 25.6. The lowest BCUT2D eigenvalue weighted by atomic mass is 9.78. The van der Waals surface area contributed by atoms with Crippen LogP contribution in [-0.4, -0.2) is 159 Å². The highest BCUT2D eigenvalue weighted by atomic mass is 16.6. The van der Waals surface area contributed by atoms with Gasteiger partial charge in [-0.25, -0.2) is 0 Å². The minimum Gasteiger partial charge on any atom is -0.455 e. The van der Waals surface area contributed by atoms with Gasteiger partial charge < -0.3 is 55.3 Å². The largest absolute Gasteiger partial charge is 0.455 e. The minimum atomic E-state index is -0.880. The zero-order valence-electron chi connectivity index (χ0n) is 43.5. The van der Waals surface area contributed by atoms with Crippen LogP contribution in [0.3, 0.4) is 0 Å². The van der Waals surface area contributed by atoms with Crippen molar-refractivity contribution in [1.29, 1.82) is 0 Å². The Morgan fingerprint density at radius 1 is 0.812 bits per heavy atom. The highest BCUT2D eigenvalue weighted by Crippen LogP contribution is 2.46. The number of esters is 1. The van der Waals surface area contributed by atoms with Crippen molar-refractivity contribution >= 4 is 35.5 Å². The van der Waals surface area contributed by atoms with E-state index in [1.54, 1.807) is 52.0 Å². The van der Waals surface area contributed by atoms with E-state index in [1.807, 2.05) is 76.8 Å². The molecule has 5 amide bonds. The molecule has 388 valence electrons. The zero-order valence-corrected chi connectivity index (χ0v) is 43.5. The number of hydrogen-bond acceptors (Lipinski definition) is 12. The van der Waals surface area contributed by atoms with Crippen molar-refractivity contribution in [3.63, 3.8) is 0 Å². The number of fused-ring (bicyclic) bond motifs is 2. The van der Waals surface area contributed by atoms with Crippen molar-refractivity contribution in [2.75, 3.05) is 47.9 Å². The van der Waals surface area contributed by atoms with Gasteiger partial charge in [-0.05, 0) is 75.8 Å². The molecule has 0 aliphatic carbocycles. The van der Waals surface area contributed by atoms with Gasteiger partial charge in [-0.1, -0.05) is 85.2 Å². The first-order chi connectivity index (χ1) is 32.8. The fourth-order valence-electron chi connectivity index (χ4n) is 11.4. The predicted octanol–water partition coefficient (Wildman–Crippen LogP) is 3.82. The van der Waals surface area contributed by atoms with Gasteiger partial charge >= 0.3 is 5.97 Å². The van der Waals surface area contributed by atoms with E-state index >= 15 is 0 Å². The minimum absolute atomic E-state index is 0.00980. The van der Waals surface area contributed by atoms with Gasteiger partial charge in [-0.2, -0.15) is 0 Å². The molecule has 69 heavy (non-hydrogen) atoms. The Morgan fingerprint density at radius 3 is 2.00 bits per heavy atom. The predicted molar refractivity (Wildman–Crippen MR) is 262 cm³/mol. The number of nitrogens with zero attached hydrogens (tertiary/aromatic N) is 3. The number of methoxy groups -OCH3 is 2. The zero-order chi connectivity index (χ0) is 50.9. The Kier molecular flexibility index (Phi) is 20.4. The number of nitrogens with one attached hydrogen (secondary N) is 3. The second-order valence-electron chi connectivity index (χ2n) is 20.9. The molecule has 14 atom stereocenters. The van der Waals surface area contributed by atoms with E-state index in [1.165, 1.54) is 0 Å². The number of carbonyl (C=O) groups is 6. The van der Waals surface area contributed by atoms with Crippen LogP contribution in [0.4, 0.5) is 0 Å². The summed E-state index contributed by atoms with van der Waals surface area (Å²) in [5.74, 6) is -4.03. The Hall–Kier alpha value is -4.16. The van der Waals surface area contributed by atoms with Crippen LogP contribution in [-0.2, 0) is 47.7 Å². The molecule has 4 aliphatic rings. The van der Waals surface area contributed by atoms with E-state index < -0.39 is 78.3 Å². The maximum Gasteiger partial charge on any atom is 0.313 e. The van der Waals surface area contributed by atoms with E-state index in [2.05, 4.69) is 16.0 Å². The Balaban J connectivity index is 1.28. The number of hydrogen-bond donors (Lipinski definition) is 4. The number of amides is 5.